The van der Waals surface area contributed by atoms with Crippen LogP contribution in [0.2, 0.25) is 0 Å². The molecule has 1 aliphatic heterocycles. The number of rotatable bonds is 5. The highest BCUT2D eigenvalue weighted by atomic mass is 16.5. The first-order chi connectivity index (χ1) is 9.54. The molecule has 1 aromatic rings. The Balaban J connectivity index is 2.01. The number of aliphatic hydroxyl groups is 1. The largest absolute Gasteiger partial charge is 0.466 e. The second-order valence-electron chi connectivity index (χ2n) is 4.73. The summed E-state index contributed by atoms with van der Waals surface area (Å²) in [6.45, 7) is 3.99. The van der Waals surface area contributed by atoms with Crippen molar-refractivity contribution in [1.82, 2.24) is 4.90 Å². The molecule has 2 atom stereocenters. The minimum atomic E-state index is -1.53. The highest BCUT2D eigenvalue weighted by molar-refractivity contribution is 5.89. The van der Waals surface area contributed by atoms with Crippen molar-refractivity contribution in [2.24, 2.45) is 0 Å². The van der Waals surface area contributed by atoms with Gasteiger partial charge in [-0.05, 0) is 17.6 Å². The van der Waals surface area contributed by atoms with Gasteiger partial charge in [-0.25, -0.2) is 4.79 Å². The molecule has 1 aliphatic rings. The number of esters is 1. The van der Waals surface area contributed by atoms with Crippen LogP contribution >= 0.6 is 0 Å². The Morgan fingerprint density at radius 2 is 2.15 bits per heavy atom. The van der Waals surface area contributed by atoms with Gasteiger partial charge >= 0.3 is 5.97 Å². The van der Waals surface area contributed by atoms with Gasteiger partial charge in [0, 0.05) is 12.5 Å². The molecule has 5 heteroatoms. The second-order valence-corrected chi connectivity index (χ2v) is 4.73. The molecule has 1 aromatic carbocycles. The predicted octanol–water partition coefficient (Wildman–Crippen LogP) is 1.18. The number of ether oxygens (including phenoxy) is 1. The minimum Gasteiger partial charge on any atom is -0.466 e. The fourth-order valence-electron chi connectivity index (χ4n) is 2.30. The summed E-state index contributed by atoms with van der Waals surface area (Å²) in [7, 11) is 1.17. The van der Waals surface area contributed by atoms with Crippen molar-refractivity contribution in [2.75, 3.05) is 7.11 Å². The van der Waals surface area contributed by atoms with E-state index in [1.807, 2.05) is 30.3 Å². The van der Waals surface area contributed by atoms with Crippen molar-refractivity contribution in [3.63, 3.8) is 0 Å². The van der Waals surface area contributed by atoms with Crippen molar-refractivity contribution in [3.05, 3.63) is 42.5 Å². The van der Waals surface area contributed by atoms with Crippen molar-refractivity contribution in [1.29, 1.82) is 0 Å². The lowest BCUT2D eigenvalue weighted by Crippen LogP contribution is -2.60. The molecule has 0 aromatic heterocycles. The van der Waals surface area contributed by atoms with Crippen LogP contribution in [0.25, 0.3) is 5.57 Å². The van der Waals surface area contributed by atoms with Gasteiger partial charge in [-0.1, -0.05) is 36.9 Å². The van der Waals surface area contributed by atoms with Crippen LogP contribution < -0.4 is 0 Å². The molecule has 0 bridgehead atoms. The zero-order valence-corrected chi connectivity index (χ0v) is 11.3. The number of β-lactam (4-membered cyclic amide) rings is 1. The molecular weight excluding hydrogens is 258 g/mol. The van der Waals surface area contributed by atoms with E-state index in [0.717, 1.165) is 16.0 Å². The van der Waals surface area contributed by atoms with E-state index in [1.165, 1.54) is 7.11 Å². The first-order valence-electron chi connectivity index (χ1n) is 6.35. The maximum Gasteiger partial charge on any atom is 0.356 e. The summed E-state index contributed by atoms with van der Waals surface area (Å²) in [6, 6.07) is 9.38. The molecule has 0 radical (unpaired) electrons. The van der Waals surface area contributed by atoms with Gasteiger partial charge in [0.25, 0.3) is 0 Å². The molecule has 0 saturated carbocycles. The number of nitrogens with zero attached hydrogens (tertiary/aromatic N) is 1. The Labute approximate surface area is 117 Å². The third kappa shape index (κ3) is 2.72. The Bertz CT molecular complexity index is 526. The smallest absolute Gasteiger partial charge is 0.356 e. The van der Waals surface area contributed by atoms with Crippen molar-refractivity contribution in [3.8, 4) is 0 Å². The molecule has 1 heterocycles. The normalized spacial score (nSPS) is 19.2. The summed E-state index contributed by atoms with van der Waals surface area (Å²) in [4.78, 5) is 24.0. The maximum absolute atomic E-state index is 11.5. The fourth-order valence-corrected chi connectivity index (χ4v) is 2.30. The molecule has 2 unspecified atom stereocenters. The van der Waals surface area contributed by atoms with Crippen LogP contribution in [0.5, 0.6) is 0 Å². The summed E-state index contributed by atoms with van der Waals surface area (Å²) in [5.74, 6) is -1.08. The number of carbonyl (C=O) groups is 2. The molecule has 20 heavy (non-hydrogen) atoms. The van der Waals surface area contributed by atoms with E-state index < -0.39 is 12.2 Å². The Kier molecular flexibility index (Phi) is 4.20. The van der Waals surface area contributed by atoms with Crippen LogP contribution in [0.3, 0.4) is 0 Å². The van der Waals surface area contributed by atoms with Crippen LogP contribution in [0.15, 0.2) is 36.9 Å². The average molecular weight is 275 g/mol. The quantitative estimate of drug-likeness (QED) is 0.647. The van der Waals surface area contributed by atoms with Crippen molar-refractivity contribution in [2.45, 2.75) is 25.1 Å². The first-order valence-corrected chi connectivity index (χ1v) is 6.35. The van der Waals surface area contributed by atoms with E-state index in [-0.39, 0.29) is 11.9 Å². The Morgan fingerprint density at radius 1 is 1.50 bits per heavy atom. The molecule has 0 spiro atoms. The highest BCUT2D eigenvalue weighted by Crippen LogP contribution is 2.30. The van der Waals surface area contributed by atoms with E-state index in [9.17, 15) is 14.7 Å². The van der Waals surface area contributed by atoms with Gasteiger partial charge < -0.3 is 14.7 Å². The first kappa shape index (κ1) is 14.3. The number of likely N-dealkylation sites (tertiary alicyclic amines) is 1. The van der Waals surface area contributed by atoms with E-state index >= 15 is 0 Å². The summed E-state index contributed by atoms with van der Waals surface area (Å²) in [5, 5.41) is 9.76. The number of aliphatic hydroxyl groups excluding tert-OH is 1. The molecule has 1 N–H and O–H groups in total. The van der Waals surface area contributed by atoms with E-state index in [1.54, 1.807) is 0 Å². The highest BCUT2D eigenvalue weighted by Gasteiger charge is 2.43. The van der Waals surface area contributed by atoms with Gasteiger partial charge in [0.2, 0.25) is 12.1 Å². The van der Waals surface area contributed by atoms with Crippen LogP contribution in [-0.2, 0) is 14.3 Å². The zero-order valence-electron chi connectivity index (χ0n) is 11.3. The van der Waals surface area contributed by atoms with Gasteiger partial charge in [-0.15, -0.1) is 0 Å². The second kappa shape index (κ2) is 5.88. The van der Waals surface area contributed by atoms with Crippen LogP contribution in [0, 0.1) is 0 Å². The number of benzene rings is 1. The zero-order chi connectivity index (χ0) is 14.7. The van der Waals surface area contributed by atoms with E-state index in [4.69, 9.17) is 0 Å². The lowest BCUT2D eigenvalue weighted by Gasteiger charge is -2.42. The lowest BCUT2D eigenvalue weighted by molar-refractivity contribution is -0.181. The predicted molar refractivity (Wildman–Crippen MR) is 73.4 cm³/mol. The third-order valence-corrected chi connectivity index (χ3v) is 3.43. The van der Waals surface area contributed by atoms with Gasteiger partial charge in [0.05, 0.1) is 7.11 Å². The standard InChI is InChI=1S/C15H17NO4/c1-10(11-6-4-3-5-7-11)8-12-9-13(17)16(12)14(18)15(19)20-2/h3-7,12,14,18H,1,8-9H2,2H3. The van der Waals surface area contributed by atoms with Crippen molar-refractivity contribution < 1.29 is 19.4 Å². The molecule has 2 rings (SSSR count). The number of amides is 1. The fraction of sp³-hybridized carbons (Fsp3) is 0.333. The number of methoxy groups -OCH3 is 1. The lowest BCUT2D eigenvalue weighted by atomic mass is 9.91. The Hall–Kier alpha value is -2.14. The summed E-state index contributed by atoms with van der Waals surface area (Å²) < 4.78 is 4.45. The topological polar surface area (TPSA) is 66.8 Å². The monoisotopic (exact) mass is 275 g/mol. The van der Waals surface area contributed by atoms with Crippen LogP contribution in [0.4, 0.5) is 0 Å². The molecule has 5 nitrogen and oxygen atoms in total. The number of hydrogen-bond acceptors (Lipinski definition) is 4. The number of carbonyl (C=O) groups excluding carboxylic acids is 2. The average Bonchev–Trinajstić information content (AvgIpc) is 2.46. The van der Waals surface area contributed by atoms with Crippen LogP contribution in [0.1, 0.15) is 18.4 Å². The molecule has 106 valence electrons. The number of hydrogen-bond donors (Lipinski definition) is 1. The molecule has 1 fully saturated rings. The van der Waals surface area contributed by atoms with Crippen molar-refractivity contribution >= 4 is 17.4 Å². The SMILES string of the molecule is C=C(CC1CC(=O)N1C(O)C(=O)OC)c1ccccc1. The van der Waals surface area contributed by atoms with Crippen LogP contribution in [-0.4, -0.2) is 41.3 Å². The van der Waals surface area contributed by atoms with Gasteiger partial charge in [-0.3, -0.25) is 4.79 Å². The maximum atomic E-state index is 11.5. The summed E-state index contributed by atoms with van der Waals surface area (Å²) in [6.07, 6.45) is -0.709. The van der Waals surface area contributed by atoms with Gasteiger partial charge in [-0.2, -0.15) is 0 Å². The van der Waals surface area contributed by atoms with Gasteiger partial charge in [0.15, 0.2) is 0 Å². The summed E-state index contributed by atoms with van der Waals surface area (Å²) in [5.41, 5.74) is 1.85. The van der Waals surface area contributed by atoms with E-state index in [0.29, 0.717) is 12.8 Å². The van der Waals surface area contributed by atoms with Gasteiger partial charge in [0.1, 0.15) is 0 Å². The molecular formula is C15H17NO4. The minimum absolute atomic E-state index is 0.218. The molecule has 0 aliphatic carbocycles. The summed E-state index contributed by atoms with van der Waals surface area (Å²) >= 11 is 0. The molecule has 1 amide bonds. The van der Waals surface area contributed by atoms with E-state index in [2.05, 4.69) is 11.3 Å². The Morgan fingerprint density at radius 3 is 2.70 bits per heavy atom. The third-order valence-electron chi connectivity index (χ3n) is 3.43. The molecule has 1 saturated heterocycles.